The van der Waals surface area contributed by atoms with Gasteiger partial charge in [0.2, 0.25) is 11.8 Å². The molecule has 6 heteroatoms. The first-order valence-corrected chi connectivity index (χ1v) is 6.69. The molecule has 1 rings (SSSR count). The van der Waals surface area contributed by atoms with Crippen molar-refractivity contribution in [3.05, 3.63) is 23.9 Å². The van der Waals surface area contributed by atoms with E-state index in [0.717, 1.165) is 5.56 Å². The molecule has 2 amide bonds. The van der Waals surface area contributed by atoms with Crippen LogP contribution in [-0.2, 0) is 9.59 Å². The minimum absolute atomic E-state index is 0.0000376. The monoisotopic (exact) mass is 278 g/mol. The first-order valence-electron chi connectivity index (χ1n) is 6.69. The highest BCUT2D eigenvalue weighted by Crippen LogP contribution is 2.03. The number of anilines is 1. The molecule has 0 atom stereocenters. The van der Waals surface area contributed by atoms with Gasteiger partial charge in [-0.25, -0.2) is 4.98 Å². The number of hydrogen-bond donors (Lipinski definition) is 2. The molecule has 0 radical (unpaired) electrons. The largest absolute Gasteiger partial charge is 0.356 e. The van der Waals surface area contributed by atoms with Crippen LogP contribution in [0.5, 0.6) is 0 Å². The van der Waals surface area contributed by atoms with Gasteiger partial charge in [0.15, 0.2) is 0 Å². The number of amides is 2. The van der Waals surface area contributed by atoms with Crippen molar-refractivity contribution < 1.29 is 9.59 Å². The van der Waals surface area contributed by atoms with Gasteiger partial charge in [-0.2, -0.15) is 0 Å². The molecular formula is C14H22N4O2. The highest BCUT2D eigenvalue weighted by Gasteiger charge is 2.09. The van der Waals surface area contributed by atoms with Gasteiger partial charge in [-0.15, -0.1) is 0 Å². The molecule has 0 saturated heterocycles. The number of hydrogen-bond acceptors (Lipinski definition) is 4. The van der Waals surface area contributed by atoms with Crippen molar-refractivity contribution >= 4 is 17.6 Å². The van der Waals surface area contributed by atoms with E-state index < -0.39 is 0 Å². The van der Waals surface area contributed by atoms with E-state index >= 15 is 0 Å². The lowest BCUT2D eigenvalue weighted by Gasteiger charge is -2.15. The Morgan fingerprint density at radius 2 is 2.05 bits per heavy atom. The van der Waals surface area contributed by atoms with Crippen LogP contribution in [-0.4, -0.2) is 48.4 Å². The Morgan fingerprint density at radius 1 is 1.30 bits per heavy atom. The number of carbonyl (C=O) groups excluding carboxylic acids is 2. The molecule has 20 heavy (non-hydrogen) atoms. The van der Waals surface area contributed by atoms with Gasteiger partial charge in [0.25, 0.3) is 0 Å². The van der Waals surface area contributed by atoms with Crippen LogP contribution in [0.3, 0.4) is 0 Å². The quantitative estimate of drug-likeness (QED) is 0.773. The zero-order valence-corrected chi connectivity index (χ0v) is 12.3. The Hall–Kier alpha value is -1.95. The van der Waals surface area contributed by atoms with Crippen LogP contribution >= 0.6 is 0 Å². The minimum Gasteiger partial charge on any atom is -0.356 e. The van der Waals surface area contributed by atoms with E-state index in [0.29, 0.717) is 25.3 Å². The number of rotatable bonds is 7. The Balaban J connectivity index is 2.30. The standard InChI is InChI=1S/C14H22N4O2/c1-4-15-13(19)7-8-18(3)10-14(20)17-12-6-5-11(2)9-16-12/h5-6,9H,4,7-8,10H2,1-3H3,(H,15,19)(H,16,17,20). The Bertz CT molecular complexity index is 445. The summed E-state index contributed by atoms with van der Waals surface area (Å²) in [6, 6.07) is 3.66. The number of carbonyl (C=O) groups is 2. The van der Waals surface area contributed by atoms with Crippen molar-refractivity contribution in [2.24, 2.45) is 0 Å². The van der Waals surface area contributed by atoms with Crippen molar-refractivity contribution in [2.75, 3.05) is 32.0 Å². The lowest BCUT2D eigenvalue weighted by Crippen LogP contribution is -2.34. The summed E-state index contributed by atoms with van der Waals surface area (Å²) in [4.78, 5) is 29.0. The van der Waals surface area contributed by atoms with E-state index in [1.807, 2.05) is 19.9 Å². The molecule has 1 aromatic heterocycles. The van der Waals surface area contributed by atoms with Crippen LogP contribution in [0.1, 0.15) is 18.9 Å². The van der Waals surface area contributed by atoms with Gasteiger partial charge in [0.05, 0.1) is 6.54 Å². The van der Waals surface area contributed by atoms with E-state index in [9.17, 15) is 9.59 Å². The maximum Gasteiger partial charge on any atom is 0.239 e. The zero-order chi connectivity index (χ0) is 15.0. The average molecular weight is 278 g/mol. The van der Waals surface area contributed by atoms with Gasteiger partial charge in [-0.1, -0.05) is 6.07 Å². The van der Waals surface area contributed by atoms with E-state index in [1.165, 1.54) is 0 Å². The summed E-state index contributed by atoms with van der Waals surface area (Å²) in [6.07, 6.45) is 2.09. The van der Waals surface area contributed by atoms with Crippen LogP contribution < -0.4 is 10.6 Å². The molecule has 2 N–H and O–H groups in total. The smallest absolute Gasteiger partial charge is 0.239 e. The molecule has 6 nitrogen and oxygen atoms in total. The first kappa shape index (κ1) is 16.1. The fourth-order valence-electron chi connectivity index (χ4n) is 1.63. The summed E-state index contributed by atoms with van der Waals surface area (Å²) in [5.41, 5.74) is 1.04. The molecule has 0 spiro atoms. The molecule has 0 aliphatic carbocycles. The van der Waals surface area contributed by atoms with Gasteiger partial charge in [0, 0.05) is 25.7 Å². The third kappa shape index (κ3) is 6.29. The summed E-state index contributed by atoms with van der Waals surface area (Å²) in [7, 11) is 1.81. The number of nitrogens with one attached hydrogen (secondary N) is 2. The van der Waals surface area contributed by atoms with Gasteiger partial charge in [-0.05, 0) is 32.5 Å². The van der Waals surface area contributed by atoms with Crippen molar-refractivity contribution in [3.63, 3.8) is 0 Å². The second kappa shape index (κ2) is 8.27. The van der Waals surface area contributed by atoms with Gasteiger partial charge < -0.3 is 10.6 Å². The highest BCUT2D eigenvalue weighted by molar-refractivity contribution is 5.91. The van der Waals surface area contributed by atoms with Crippen molar-refractivity contribution in [1.82, 2.24) is 15.2 Å². The Morgan fingerprint density at radius 3 is 2.65 bits per heavy atom. The SMILES string of the molecule is CCNC(=O)CCN(C)CC(=O)Nc1ccc(C)cn1. The van der Waals surface area contributed by atoms with E-state index in [1.54, 1.807) is 24.2 Å². The number of nitrogens with zero attached hydrogens (tertiary/aromatic N) is 2. The lowest BCUT2D eigenvalue weighted by atomic mass is 10.3. The molecule has 0 fully saturated rings. The Kier molecular flexibility index (Phi) is 6.66. The summed E-state index contributed by atoms with van der Waals surface area (Å²) in [5.74, 6) is 0.400. The molecule has 0 aliphatic rings. The Labute approximate surface area is 119 Å². The third-order valence-corrected chi connectivity index (χ3v) is 2.69. The highest BCUT2D eigenvalue weighted by atomic mass is 16.2. The van der Waals surface area contributed by atoms with Crippen molar-refractivity contribution in [3.8, 4) is 0 Å². The zero-order valence-electron chi connectivity index (χ0n) is 12.3. The fraction of sp³-hybridized carbons (Fsp3) is 0.500. The van der Waals surface area contributed by atoms with E-state index in [2.05, 4.69) is 15.6 Å². The maximum atomic E-state index is 11.8. The molecule has 0 aliphatic heterocycles. The van der Waals surface area contributed by atoms with Crippen LogP contribution in [0.25, 0.3) is 0 Å². The van der Waals surface area contributed by atoms with Crippen LogP contribution in [0.2, 0.25) is 0 Å². The minimum atomic E-state index is -0.139. The predicted molar refractivity (Wildman–Crippen MR) is 78.4 cm³/mol. The molecule has 110 valence electrons. The first-order chi connectivity index (χ1) is 9.51. The fourth-order valence-corrected chi connectivity index (χ4v) is 1.63. The molecule has 0 unspecified atom stereocenters. The van der Waals surface area contributed by atoms with E-state index in [4.69, 9.17) is 0 Å². The van der Waals surface area contributed by atoms with Crippen LogP contribution in [0.4, 0.5) is 5.82 Å². The molecular weight excluding hydrogens is 256 g/mol. The number of aryl methyl sites for hydroxylation is 1. The second-order valence-electron chi connectivity index (χ2n) is 4.71. The predicted octanol–water partition coefficient (Wildman–Crippen LogP) is 0.787. The van der Waals surface area contributed by atoms with Crippen LogP contribution in [0, 0.1) is 6.92 Å². The van der Waals surface area contributed by atoms with Gasteiger partial charge in [0.1, 0.15) is 5.82 Å². The van der Waals surface area contributed by atoms with E-state index in [-0.39, 0.29) is 18.4 Å². The molecule has 0 aromatic carbocycles. The van der Waals surface area contributed by atoms with Gasteiger partial charge in [-0.3, -0.25) is 14.5 Å². The average Bonchev–Trinajstić information content (AvgIpc) is 2.39. The van der Waals surface area contributed by atoms with Crippen molar-refractivity contribution in [1.29, 1.82) is 0 Å². The third-order valence-electron chi connectivity index (χ3n) is 2.69. The normalized spacial score (nSPS) is 10.4. The second-order valence-corrected chi connectivity index (χ2v) is 4.71. The molecule has 0 saturated carbocycles. The number of aromatic nitrogens is 1. The van der Waals surface area contributed by atoms with Crippen LogP contribution in [0.15, 0.2) is 18.3 Å². The maximum absolute atomic E-state index is 11.8. The topological polar surface area (TPSA) is 74.3 Å². The summed E-state index contributed by atoms with van der Waals surface area (Å²) in [5, 5.41) is 5.44. The number of likely N-dealkylation sites (N-methyl/N-ethyl adjacent to an activating group) is 1. The molecule has 1 heterocycles. The summed E-state index contributed by atoms with van der Waals surface area (Å²) < 4.78 is 0. The molecule has 1 aromatic rings. The molecule has 0 bridgehead atoms. The number of pyridine rings is 1. The van der Waals surface area contributed by atoms with Crippen molar-refractivity contribution in [2.45, 2.75) is 20.3 Å². The summed E-state index contributed by atoms with van der Waals surface area (Å²) in [6.45, 7) is 5.22. The lowest BCUT2D eigenvalue weighted by molar-refractivity contribution is -0.122. The van der Waals surface area contributed by atoms with Gasteiger partial charge >= 0.3 is 0 Å². The summed E-state index contributed by atoms with van der Waals surface area (Å²) >= 11 is 0.